The number of rotatable bonds is 4. The molecule has 0 aromatic heterocycles. The monoisotopic (exact) mass is 291 g/mol. The normalized spacial score (nSPS) is 22.0. The third-order valence-electron chi connectivity index (χ3n) is 3.88. The van der Waals surface area contributed by atoms with E-state index in [2.05, 4.69) is 17.8 Å². The first kappa shape index (κ1) is 15.5. The molecule has 1 aromatic rings. The molecule has 1 heterocycles. The fourth-order valence-electron chi connectivity index (χ4n) is 2.59. The summed E-state index contributed by atoms with van der Waals surface area (Å²) in [5, 5.41) is 9.34. The summed E-state index contributed by atoms with van der Waals surface area (Å²) in [5.41, 5.74) is 5.28. The van der Waals surface area contributed by atoms with E-state index in [9.17, 15) is 14.7 Å². The van der Waals surface area contributed by atoms with Crippen molar-refractivity contribution in [1.82, 2.24) is 15.8 Å². The molecule has 114 valence electrons. The van der Waals surface area contributed by atoms with Crippen LogP contribution in [0.15, 0.2) is 30.3 Å². The first-order valence-corrected chi connectivity index (χ1v) is 7.11. The Morgan fingerprint density at radius 3 is 2.67 bits per heavy atom. The number of hydrogen-bond acceptors (Lipinski definition) is 4. The molecule has 1 aromatic carbocycles. The molecule has 1 aliphatic heterocycles. The Kier molecular flexibility index (Phi) is 5.30. The van der Waals surface area contributed by atoms with Gasteiger partial charge in [0.1, 0.15) is 0 Å². The first-order chi connectivity index (χ1) is 10.1. The van der Waals surface area contributed by atoms with E-state index in [4.69, 9.17) is 0 Å². The number of likely N-dealkylation sites (tertiary alicyclic amines) is 1. The third kappa shape index (κ3) is 4.03. The van der Waals surface area contributed by atoms with E-state index < -0.39 is 0 Å². The van der Waals surface area contributed by atoms with E-state index in [1.54, 1.807) is 24.3 Å². The van der Waals surface area contributed by atoms with Crippen molar-refractivity contribution in [3.8, 4) is 0 Å². The lowest BCUT2D eigenvalue weighted by Crippen LogP contribution is -2.48. The quantitative estimate of drug-likeness (QED) is 0.690. The molecule has 0 aliphatic carbocycles. The average molecular weight is 291 g/mol. The van der Waals surface area contributed by atoms with Crippen molar-refractivity contribution in [3.63, 3.8) is 0 Å². The summed E-state index contributed by atoms with van der Waals surface area (Å²) in [7, 11) is 0. The lowest BCUT2D eigenvalue weighted by Gasteiger charge is -2.24. The molecule has 0 bridgehead atoms. The van der Waals surface area contributed by atoms with Crippen molar-refractivity contribution >= 4 is 11.8 Å². The van der Waals surface area contributed by atoms with Crippen LogP contribution in [0.4, 0.5) is 0 Å². The van der Waals surface area contributed by atoms with Gasteiger partial charge in [-0.2, -0.15) is 0 Å². The highest BCUT2D eigenvalue weighted by atomic mass is 16.3. The summed E-state index contributed by atoms with van der Waals surface area (Å²) in [4.78, 5) is 25.6. The molecule has 0 radical (unpaired) electrons. The van der Waals surface area contributed by atoms with Crippen molar-refractivity contribution in [3.05, 3.63) is 35.9 Å². The molecule has 2 amide bonds. The Bertz CT molecular complexity index is 492. The Balaban J connectivity index is 1.79. The second-order valence-electron chi connectivity index (χ2n) is 5.35. The van der Waals surface area contributed by atoms with Crippen LogP contribution in [-0.4, -0.2) is 47.6 Å². The van der Waals surface area contributed by atoms with E-state index >= 15 is 0 Å². The molecule has 2 atom stereocenters. The molecule has 21 heavy (non-hydrogen) atoms. The predicted octanol–water partition coefficient (Wildman–Crippen LogP) is 0.150. The van der Waals surface area contributed by atoms with E-state index in [1.165, 1.54) is 0 Å². The van der Waals surface area contributed by atoms with Gasteiger partial charge in [0.05, 0.1) is 13.2 Å². The topological polar surface area (TPSA) is 81.7 Å². The van der Waals surface area contributed by atoms with E-state index in [1.807, 2.05) is 11.0 Å². The molecule has 1 fully saturated rings. The van der Waals surface area contributed by atoms with Crippen LogP contribution in [0.5, 0.6) is 0 Å². The Morgan fingerprint density at radius 1 is 1.29 bits per heavy atom. The minimum Gasteiger partial charge on any atom is -0.395 e. The first-order valence-electron chi connectivity index (χ1n) is 7.11. The van der Waals surface area contributed by atoms with Crippen LogP contribution in [0.25, 0.3) is 0 Å². The van der Waals surface area contributed by atoms with Crippen LogP contribution in [0.1, 0.15) is 23.7 Å². The predicted molar refractivity (Wildman–Crippen MR) is 78.3 cm³/mol. The molecule has 6 nitrogen and oxygen atoms in total. The number of hydrazine groups is 1. The van der Waals surface area contributed by atoms with Gasteiger partial charge >= 0.3 is 0 Å². The summed E-state index contributed by atoms with van der Waals surface area (Å²) in [6.45, 7) is 3.07. The maximum absolute atomic E-state index is 11.9. The standard InChI is InChI=1S/C15H21N3O3/c1-11-7-8-18(13(11)10-19)9-14(20)16-17-15(21)12-5-3-2-4-6-12/h2-6,11,13,19H,7-10H2,1H3,(H,16,20)(H,17,21). The molecule has 2 unspecified atom stereocenters. The summed E-state index contributed by atoms with van der Waals surface area (Å²) < 4.78 is 0. The minimum absolute atomic E-state index is 0.0144. The number of carbonyl (C=O) groups is 2. The maximum Gasteiger partial charge on any atom is 0.269 e. The van der Waals surface area contributed by atoms with Gasteiger partial charge in [0.2, 0.25) is 0 Å². The molecular weight excluding hydrogens is 270 g/mol. The molecule has 3 N–H and O–H groups in total. The maximum atomic E-state index is 11.9. The zero-order valence-corrected chi connectivity index (χ0v) is 12.1. The van der Waals surface area contributed by atoms with Gasteiger partial charge < -0.3 is 5.11 Å². The van der Waals surface area contributed by atoms with Crippen LogP contribution in [0.2, 0.25) is 0 Å². The van der Waals surface area contributed by atoms with Crippen molar-refractivity contribution in [2.45, 2.75) is 19.4 Å². The highest BCUT2D eigenvalue weighted by Crippen LogP contribution is 2.22. The summed E-state index contributed by atoms with van der Waals surface area (Å²) in [6.07, 6.45) is 0.967. The fourth-order valence-corrected chi connectivity index (χ4v) is 2.59. The number of benzene rings is 1. The van der Waals surface area contributed by atoms with E-state index in [0.29, 0.717) is 11.5 Å². The summed E-state index contributed by atoms with van der Waals surface area (Å²) in [6, 6.07) is 8.69. The van der Waals surface area contributed by atoms with Crippen molar-refractivity contribution in [1.29, 1.82) is 0 Å². The Hall–Kier alpha value is -1.92. The molecule has 1 aliphatic rings. The largest absolute Gasteiger partial charge is 0.395 e. The summed E-state index contributed by atoms with van der Waals surface area (Å²) in [5.74, 6) is -0.258. The molecule has 2 rings (SSSR count). The van der Waals surface area contributed by atoms with Gasteiger partial charge in [0.15, 0.2) is 0 Å². The highest BCUT2D eigenvalue weighted by molar-refractivity contribution is 5.95. The average Bonchev–Trinajstić information content (AvgIpc) is 2.85. The van der Waals surface area contributed by atoms with Crippen LogP contribution < -0.4 is 10.9 Å². The van der Waals surface area contributed by atoms with E-state index in [-0.39, 0.29) is 31.0 Å². The van der Waals surface area contributed by atoms with Gasteiger partial charge in [0.25, 0.3) is 11.8 Å². The van der Waals surface area contributed by atoms with Crippen molar-refractivity contribution in [2.75, 3.05) is 19.7 Å². The SMILES string of the molecule is CC1CCN(CC(=O)NNC(=O)c2ccccc2)C1CO. The molecule has 1 saturated heterocycles. The van der Waals surface area contributed by atoms with Crippen LogP contribution >= 0.6 is 0 Å². The van der Waals surface area contributed by atoms with Crippen molar-refractivity contribution < 1.29 is 14.7 Å². The lowest BCUT2D eigenvalue weighted by atomic mass is 10.0. The Morgan fingerprint density at radius 2 is 2.00 bits per heavy atom. The second kappa shape index (κ2) is 7.19. The summed E-state index contributed by atoms with van der Waals surface area (Å²) >= 11 is 0. The van der Waals surface area contributed by atoms with Crippen molar-refractivity contribution in [2.24, 2.45) is 5.92 Å². The molecule has 6 heteroatoms. The number of nitrogens with zero attached hydrogens (tertiary/aromatic N) is 1. The van der Waals surface area contributed by atoms with Crippen LogP contribution in [0.3, 0.4) is 0 Å². The van der Waals surface area contributed by atoms with Gasteiger partial charge in [-0.3, -0.25) is 25.3 Å². The van der Waals surface area contributed by atoms with Crippen LogP contribution in [-0.2, 0) is 4.79 Å². The molecule has 0 saturated carbocycles. The highest BCUT2D eigenvalue weighted by Gasteiger charge is 2.31. The lowest BCUT2D eigenvalue weighted by molar-refractivity contribution is -0.123. The smallest absolute Gasteiger partial charge is 0.269 e. The second-order valence-corrected chi connectivity index (χ2v) is 5.35. The number of aliphatic hydroxyl groups excluding tert-OH is 1. The number of carbonyl (C=O) groups excluding carboxylic acids is 2. The molecule has 0 spiro atoms. The van der Waals surface area contributed by atoms with Gasteiger partial charge in [-0.1, -0.05) is 25.1 Å². The number of hydrogen-bond donors (Lipinski definition) is 3. The minimum atomic E-state index is -0.350. The van der Waals surface area contributed by atoms with Gasteiger partial charge in [-0.05, 0) is 31.0 Å². The number of nitrogens with one attached hydrogen (secondary N) is 2. The fraction of sp³-hybridized carbons (Fsp3) is 0.467. The Labute approximate surface area is 124 Å². The van der Waals surface area contributed by atoms with E-state index in [0.717, 1.165) is 13.0 Å². The van der Waals surface area contributed by atoms with Gasteiger partial charge in [-0.15, -0.1) is 0 Å². The third-order valence-corrected chi connectivity index (χ3v) is 3.88. The zero-order valence-electron chi connectivity index (χ0n) is 12.1. The number of amides is 2. The van der Waals surface area contributed by atoms with Gasteiger partial charge in [0, 0.05) is 11.6 Å². The zero-order chi connectivity index (χ0) is 15.2. The van der Waals surface area contributed by atoms with Crippen LogP contribution in [0, 0.1) is 5.92 Å². The van der Waals surface area contributed by atoms with Gasteiger partial charge in [-0.25, -0.2) is 0 Å². The number of aliphatic hydroxyl groups is 1. The molecular formula is C15H21N3O3.